The summed E-state index contributed by atoms with van der Waals surface area (Å²) in [6.07, 6.45) is 3.66. The van der Waals surface area contributed by atoms with E-state index >= 15 is 0 Å². The minimum atomic E-state index is 0.631. The number of nitrogens with zero attached hydrogens (tertiary/aromatic N) is 6. The molecule has 0 amide bonds. The Morgan fingerprint density at radius 2 is 2.14 bits per heavy atom. The van der Waals surface area contributed by atoms with E-state index in [9.17, 15) is 0 Å². The van der Waals surface area contributed by atoms with Crippen molar-refractivity contribution in [2.75, 3.05) is 0 Å². The van der Waals surface area contributed by atoms with Gasteiger partial charge in [0, 0.05) is 12.7 Å². The third-order valence-electron chi connectivity index (χ3n) is 1.95. The maximum Gasteiger partial charge on any atom is 0.208 e. The fourth-order valence-corrected chi connectivity index (χ4v) is 1.14. The normalized spacial score (nSPS) is 10.7. The van der Waals surface area contributed by atoms with Crippen LogP contribution in [-0.2, 0) is 13.1 Å². The van der Waals surface area contributed by atoms with Crippen LogP contribution in [0.3, 0.4) is 0 Å². The van der Waals surface area contributed by atoms with Gasteiger partial charge in [-0.3, -0.25) is 4.68 Å². The largest absolute Gasteiger partial charge is 0.272 e. The topological polar surface area (TPSA) is 61.4 Å². The summed E-state index contributed by atoms with van der Waals surface area (Å²) >= 11 is 0. The van der Waals surface area contributed by atoms with Gasteiger partial charge in [0.1, 0.15) is 0 Å². The molecule has 0 saturated heterocycles. The molecular weight excluding hydrogens is 180 g/mol. The number of aryl methyl sites for hydroxylation is 2. The van der Waals surface area contributed by atoms with Gasteiger partial charge >= 0.3 is 0 Å². The molecule has 14 heavy (non-hydrogen) atoms. The average Bonchev–Trinajstić information content (AvgIpc) is 2.86. The number of hydrogen-bond acceptors (Lipinski definition) is 4. The third kappa shape index (κ3) is 1.50. The van der Waals surface area contributed by atoms with Crippen molar-refractivity contribution < 1.29 is 0 Å². The molecule has 2 aromatic heterocycles. The second kappa shape index (κ2) is 3.57. The quantitative estimate of drug-likeness (QED) is 0.713. The summed E-state index contributed by atoms with van der Waals surface area (Å²) in [5.41, 5.74) is 0.909. The fourth-order valence-electron chi connectivity index (χ4n) is 1.14. The van der Waals surface area contributed by atoms with Gasteiger partial charge in [0.2, 0.25) is 5.82 Å². The van der Waals surface area contributed by atoms with Crippen LogP contribution in [0.15, 0.2) is 12.4 Å². The van der Waals surface area contributed by atoms with E-state index in [4.69, 9.17) is 0 Å². The molecule has 0 aliphatic carbocycles. The van der Waals surface area contributed by atoms with Crippen LogP contribution in [0.1, 0.15) is 13.8 Å². The van der Waals surface area contributed by atoms with Gasteiger partial charge in [-0.1, -0.05) is 0 Å². The monoisotopic (exact) mass is 192 g/mol. The van der Waals surface area contributed by atoms with Crippen LogP contribution in [0, 0.1) is 0 Å². The first-order chi connectivity index (χ1) is 6.83. The second-order valence-corrected chi connectivity index (χ2v) is 2.89. The fraction of sp³-hybridized carbons (Fsp3) is 0.500. The molecule has 0 N–H and O–H groups in total. The van der Waals surface area contributed by atoms with Gasteiger partial charge in [-0.15, -0.1) is 10.2 Å². The molecule has 2 rings (SSSR count). The van der Waals surface area contributed by atoms with Gasteiger partial charge in [0.05, 0.1) is 18.3 Å². The van der Waals surface area contributed by atoms with Gasteiger partial charge in [-0.2, -0.15) is 9.90 Å². The van der Waals surface area contributed by atoms with Gasteiger partial charge in [-0.25, -0.2) is 0 Å². The van der Waals surface area contributed by atoms with E-state index in [0.29, 0.717) is 5.82 Å². The lowest BCUT2D eigenvalue weighted by Crippen LogP contribution is -1.98. The summed E-state index contributed by atoms with van der Waals surface area (Å²) in [6.45, 7) is 5.59. The number of rotatable bonds is 3. The SMILES string of the molecule is CCn1cc(-c2nnn(CC)n2)cn1. The van der Waals surface area contributed by atoms with Crippen LogP contribution >= 0.6 is 0 Å². The maximum atomic E-state index is 4.19. The molecule has 0 saturated carbocycles. The highest BCUT2D eigenvalue weighted by atomic mass is 15.6. The highest BCUT2D eigenvalue weighted by Crippen LogP contribution is 2.11. The molecule has 0 spiro atoms. The Bertz CT molecular complexity index is 375. The summed E-state index contributed by atoms with van der Waals surface area (Å²) in [5, 5.41) is 16.2. The predicted octanol–water partition coefficient (Wildman–Crippen LogP) is 0.576. The van der Waals surface area contributed by atoms with E-state index < -0.39 is 0 Å². The zero-order chi connectivity index (χ0) is 9.97. The Morgan fingerprint density at radius 3 is 2.71 bits per heavy atom. The van der Waals surface area contributed by atoms with Gasteiger partial charge in [0.15, 0.2) is 0 Å². The smallest absolute Gasteiger partial charge is 0.208 e. The molecule has 6 nitrogen and oxygen atoms in total. The van der Waals surface area contributed by atoms with E-state index in [-0.39, 0.29) is 0 Å². The molecule has 2 aromatic rings. The summed E-state index contributed by atoms with van der Waals surface area (Å²) < 4.78 is 1.84. The first-order valence-corrected chi connectivity index (χ1v) is 4.64. The molecule has 0 bridgehead atoms. The van der Waals surface area contributed by atoms with Crippen molar-refractivity contribution in [3.63, 3.8) is 0 Å². The summed E-state index contributed by atoms with van der Waals surface area (Å²) in [6, 6.07) is 0. The van der Waals surface area contributed by atoms with Crippen LogP contribution in [0.25, 0.3) is 11.4 Å². The van der Waals surface area contributed by atoms with Crippen molar-refractivity contribution in [2.45, 2.75) is 26.9 Å². The molecule has 0 atom stereocenters. The highest BCUT2D eigenvalue weighted by Gasteiger charge is 2.06. The summed E-state index contributed by atoms with van der Waals surface area (Å²) in [4.78, 5) is 1.55. The first kappa shape index (κ1) is 8.86. The molecule has 74 valence electrons. The number of hydrogen-bond donors (Lipinski definition) is 0. The number of aromatic nitrogens is 6. The van der Waals surface area contributed by atoms with E-state index in [2.05, 4.69) is 20.5 Å². The van der Waals surface area contributed by atoms with Gasteiger partial charge < -0.3 is 0 Å². The zero-order valence-electron chi connectivity index (χ0n) is 8.25. The van der Waals surface area contributed by atoms with E-state index in [0.717, 1.165) is 18.7 Å². The Balaban J connectivity index is 2.29. The number of tetrazole rings is 1. The van der Waals surface area contributed by atoms with Crippen molar-refractivity contribution >= 4 is 0 Å². The molecule has 0 unspecified atom stereocenters. The maximum absolute atomic E-state index is 4.19. The Morgan fingerprint density at radius 1 is 1.29 bits per heavy atom. The van der Waals surface area contributed by atoms with E-state index in [1.807, 2.05) is 24.7 Å². The molecule has 0 aliphatic rings. The van der Waals surface area contributed by atoms with Crippen molar-refractivity contribution in [1.29, 1.82) is 0 Å². The zero-order valence-corrected chi connectivity index (χ0v) is 8.25. The predicted molar refractivity (Wildman–Crippen MR) is 50.4 cm³/mol. The third-order valence-corrected chi connectivity index (χ3v) is 1.95. The van der Waals surface area contributed by atoms with Gasteiger partial charge in [0.25, 0.3) is 0 Å². The van der Waals surface area contributed by atoms with Crippen molar-refractivity contribution in [1.82, 2.24) is 30.0 Å². The standard InChI is InChI=1S/C8H12N6/c1-3-13-6-7(5-9-13)8-10-12-14(4-2)11-8/h5-6H,3-4H2,1-2H3. The van der Waals surface area contributed by atoms with Crippen LogP contribution in [-0.4, -0.2) is 30.0 Å². The van der Waals surface area contributed by atoms with Crippen LogP contribution in [0.4, 0.5) is 0 Å². The lowest BCUT2D eigenvalue weighted by Gasteiger charge is -1.89. The van der Waals surface area contributed by atoms with Crippen molar-refractivity contribution in [3.05, 3.63) is 12.4 Å². The molecule has 0 aromatic carbocycles. The Kier molecular flexibility index (Phi) is 2.26. The summed E-state index contributed by atoms with van der Waals surface area (Å²) in [7, 11) is 0. The Hall–Kier alpha value is -1.72. The molecule has 0 radical (unpaired) electrons. The van der Waals surface area contributed by atoms with Crippen molar-refractivity contribution in [3.8, 4) is 11.4 Å². The molecule has 6 heteroatoms. The lowest BCUT2D eigenvalue weighted by molar-refractivity contribution is 0.553. The van der Waals surface area contributed by atoms with E-state index in [1.165, 1.54) is 0 Å². The molecular formula is C8H12N6. The molecule has 0 aliphatic heterocycles. The minimum Gasteiger partial charge on any atom is -0.272 e. The van der Waals surface area contributed by atoms with Gasteiger partial charge in [-0.05, 0) is 19.1 Å². The van der Waals surface area contributed by atoms with Crippen LogP contribution in [0.2, 0.25) is 0 Å². The molecule has 0 fully saturated rings. The lowest BCUT2D eigenvalue weighted by atomic mass is 10.3. The second-order valence-electron chi connectivity index (χ2n) is 2.89. The first-order valence-electron chi connectivity index (χ1n) is 4.64. The van der Waals surface area contributed by atoms with Crippen LogP contribution in [0.5, 0.6) is 0 Å². The average molecular weight is 192 g/mol. The van der Waals surface area contributed by atoms with Crippen LogP contribution < -0.4 is 0 Å². The van der Waals surface area contributed by atoms with Crippen molar-refractivity contribution in [2.24, 2.45) is 0 Å². The van der Waals surface area contributed by atoms with E-state index in [1.54, 1.807) is 11.0 Å². The molecule has 2 heterocycles. The highest BCUT2D eigenvalue weighted by molar-refractivity contribution is 5.50. The summed E-state index contributed by atoms with van der Waals surface area (Å²) in [5.74, 6) is 0.631. The minimum absolute atomic E-state index is 0.631. The Labute approximate surface area is 81.5 Å².